The molecule has 0 bridgehead atoms. The molecule has 1 saturated carbocycles. The Morgan fingerprint density at radius 1 is 1.44 bits per heavy atom. The van der Waals surface area contributed by atoms with Crippen molar-refractivity contribution in [3.05, 3.63) is 11.6 Å². The molecule has 1 heterocycles. The summed E-state index contributed by atoms with van der Waals surface area (Å²) in [5.74, 6) is 2.63. The largest absolute Gasteiger partial charge is 0.382 e. The van der Waals surface area contributed by atoms with Gasteiger partial charge in [0, 0.05) is 19.4 Å². The predicted octanol–water partition coefficient (Wildman–Crippen LogP) is 2.43. The van der Waals surface area contributed by atoms with Crippen LogP contribution in [0.5, 0.6) is 0 Å². The van der Waals surface area contributed by atoms with E-state index in [1.54, 1.807) is 7.11 Å². The van der Waals surface area contributed by atoms with Crippen molar-refractivity contribution in [3.8, 4) is 0 Å². The second-order valence-corrected chi connectivity index (χ2v) is 4.71. The van der Waals surface area contributed by atoms with Crippen LogP contribution >= 0.6 is 0 Å². The number of hydrogen-bond acceptors (Lipinski definition) is 3. The summed E-state index contributed by atoms with van der Waals surface area (Å²) in [6.45, 7) is 2.08. The lowest BCUT2D eigenvalue weighted by Gasteiger charge is -2.06. The molecule has 2 rings (SSSR count). The van der Waals surface area contributed by atoms with Crippen LogP contribution in [0.1, 0.15) is 56.6 Å². The van der Waals surface area contributed by atoms with E-state index in [0.29, 0.717) is 12.0 Å². The molecule has 1 aromatic rings. The van der Waals surface area contributed by atoms with Gasteiger partial charge in [-0.15, -0.1) is 0 Å². The number of aryl methyl sites for hydroxylation is 1. The molecule has 1 unspecified atom stereocenters. The number of aromatic nitrogens is 3. The van der Waals surface area contributed by atoms with Gasteiger partial charge in [0.1, 0.15) is 5.82 Å². The number of nitrogens with zero attached hydrogens (tertiary/aromatic N) is 2. The standard InChI is InChI=1S/C12H21N3O/c1-9(16-2)7-8-11-13-12(15-14-11)10-5-3-4-6-10/h9-10H,3-8H2,1-2H3,(H,13,14,15). The lowest BCUT2D eigenvalue weighted by Crippen LogP contribution is -2.06. The lowest BCUT2D eigenvalue weighted by atomic mass is 10.1. The molecule has 16 heavy (non-hydrogen) atoms. The van der Waals surface area contributed by atoms with Gasteiger partial charge in [0.25, 0.3) is 0 Å². The number of aromatic amines is 1. The third-order valence-electron chi connectivity index (χ3n) is 3.46. The van der Waals surface area contributed by atoms with Gasteiger partial charge >= 0.3 is 0 Å². The highest BCUT2D eigenvalue weighted by Gasteiger charge is 2.21. The van der Waals surface area contributed by atoms with E-state index in [1.807, 2.05) is 0 Å². The monoisotopic (exact) mass is 223 g/mol. The Labute approximate surface area is 96.8 Å². The molecule has 0 amide bonds. The lowest BCUT2D eigenvalue weighted by molar-refractivity contribution is 0.111. The second-order valence-electron chi connectivity index (χ2n) is 4.71. The van der Waals surface area contributed by atoms with Crippen LogP contribution < -0.4 is 0 Å². The minimum Gasteiger partial charge on any atom is -0.382 e. The topological polar surface area (TPSA) is 50.8 Å². The van der Waals surface area contributed by atoms with Crippen molar-refractivity contribution in [2.75, 3.05) is 7.11 Å². The van der Waals surface area contributed by atoms with Crippen molar-refractivity contribution in [3.63, 3.8) is 0 Å². The first kappa shape index (κ1) is 11.6. The maximum atomic E-state index is 5.22. The van der Waals surface area contributed by atoms with Gasteiger partial charge in [-0.05, 0) is 26.2 Å². The van der Waals surface area contributed by atoms with E-state index in [1.165, 1.54) is 25.7 Å². The normalized spacial score (nSPS) is 19.1. The fraction of sp³-hybridized carbons (Fsp3) is 0.833. The van der Waals surface area contributed by atoms with Crippen LogP contribution in [0.2, 0.25) is 0 Å². The van der Waals surface area contributed by atoms with E-state index in [4.69, 9.17) is 4.74 Å². The highest BCUT2D eigenvalue weighted by Crippen LogP contribution is 2.31. The van der Waals surface area contributed by atoms with Crippen molar-refractivity contribution in [1.82, 2.24) is 15.2 Å². The Kier molecular flexibility index (Phi) is 3.93. The second kappa shape index (κ2) is 5.43. The van der Waals surface area contributed by atoms with E-state index in [2.05, 4.69) is 22.1 Å². The minimum absolute atomic E-state index is 0.292. The van der Waals surface area contributed by atoms with Crippen LogP contribution in [-0.4, -0.2) is 28.4 Å². The predicted molar refractivity (Wildman–Crippen MR) is 62.4 cm³/mol. The van der Waals surface area contributed by atoms with Gasteiger partial charge < -0.3 is 4.74 Å². The molecule has 1 N–H and O–H groups in total. The van der Waals surface area contributed by atoms with Crippen molar-refractivity contribution < 1.29 is 4.74 Å². The number of methoxy groups -OCH3 is 1. The molecule has 0 aliphatic heterocycles. The van der Waals surface area contributed by atoms with Crippen molar-refractivity contribution in [1.29, 1.82) is 0 Å². The molecule has 4 nitrogen and oxygen atoms in total. The Bertz CT molecular complexity index is 318. The maximum Gasteiger partial charge on any atom is 0.153 e. The SMILES string of the molecule is COC(C)CCc1nc(C2CCCC2)n[nH]1. The van der Waals surface area contributed by atoms with E-state index in [9.17, 15) is 0 Å². The summed E-state index contributed by atoms with van der Waals surface area (Å²) >= 11 is 0. The van der Waals surface area contributed by atoms with Crippen molar-refractivity contribution >= 4 is 0 Å². The summed E-state index contributed by atoms with van der Waals surface area (Å²) in [5, 5.41) is 7.37. The van der Waals surface area contributed by atoms with Crippen LogP contribution in [0.3, 0.4) is 0 Å². The summed E-state index contributed by atoms with van der Waals surface area (Å²) in [6.07, 6.45) is 7.38. The molecule has 0 aromatic carbocycles. The number of hydrogen-bond donors (Lipinski definition) is 1. The zero-order valence-corrected chi connectivity index (χ0v) is 10.2. The maximum absolute atomic E-state index is 5.22. The van der Waals surface area contributed by atoms with Gasteiger partial charge in [0.05, 0.1) is 6.10 Å². The van der Waals surface area contributed by atoms with Crippen LogP contribution in [0, 0.1) is 0 Å². The smallest absolute Gasteiger partial charge is 0.153 e. The first-order valence-electron chi connectivity index (χ1n) is 6.23. The molecule has 1 aliphatic carbocycles. The van der Waals surface area contributed by atoms with Crippen LogP contribution in [0.25, 0.3) is 0 Å². The van der Waals surface area contributed by atoms with Crippen molar-refractivity contribution in [2.24, 2.45) is 0 Å². The summed E-state index contributed by atoms with van der Waals surface area (Å²) in [5.41, 5.74) is 0. The fourth-order valence-corrected chi connectivity index (χ4v) is 2.25. The average molecular weight is 223 g/mol. The molecule has 1 aliphatic rings. The highest BCUT2D eigenvalue weighted by atomic mass is 16.5. The Morgan fingerprint density at radius 2 is 2.19 bits per heavy atom. The van der Waals surface area contributed by atoms with E-state index in [-0.39, 0.29) is 0 Å². The molecule has 0 radical (unpaired) electrons. The summed E-state index contributed by atoms with van der Waals surface area (Å²) in [7, 11) is 1.75. The molecule has 0 saturated heterocycles. The molecule has 4 heteroatoms. The molecular weight excluding hydrogens is 202 g/mol. The van der Waals surface area contributed by atoms with E-state index >= 15 is 0 Å². The molecular formula is C12H21N3O. The third kappa shape index (κ3) is 2.82. The zero-order valence-electron chi connectivity index (χ0n) is 10.2. The number of nitrogens with one attached hydrogen (secondary N) is 1. The number of ether oxygens (including phenoxy) is 1. The molecule has 90 valence electrons. The van der Waals surface area contributed by atoms with Gasteiger partial charge in [0.15, 0.2) is 5.82 Å². The van der Waals surface area contributed by atoms with Crippen LogP contribution in [-0.2, 0) is 11.2 Å². The van der Waals surface area contributed by atoms with E-state index < -0.39 is 0 Å². The Hall–Kier alpha value is -0.900. The summed E-state index contributed by atoms with van der Waals surface area (Å²) in [4.78, 5) is 4.58. The quantitative estimate of drug-likeness (QED) is 0.834. The first-order chi connectivity index (χ1) is 7.79. The minimum atomic E-state index is 0.292. The highest BCUT2D eigenvalue weighted by molar-refractivity contribution is 5.00. The zero-order chi connectivity index (χ0) is 11.4. The molecule has 1 atom stereocenters. The van der Waals surface area contributed by atoms with E-state index in [0.717, 1.165) is 24.5 Å². The fourth-order valence-electron chi connectivity index (χ4n) is 2.25. The van der Waals surface area contributed by atoms with Gasteiger partial charge in [-0.2, -0.15) is 5.10 Å². The average Bonchev–Trinajstić information content (AvgIpc) is 2.95. The van der Waals surface area contributed by atoms with Crippen LogP contribution in [0.4, 0.5) is 0 Å². The molecule has 1 aromatic heterocycles. The van der Waals surface area contributed by atoms with Gasteiger partial charge in [-0.1, -0.05) is 12.8 Å². The van der Waals surface area contributed by atoms with Crippen LogP contribution in [0.15, 0.2) is 0 Å². The van der Waals surface area contributed by atoms with Gasteiger partial charge in [0.2, 0.25) is 0 Å². The van der Waals surface area contributed by atoms with Gasteiger partial charge in [-0.25, -0.2) is 4.98 Å². The Balaban J connectivity index is 1.86. The molecule has 0 spiro atoms. The Morgan fingerprint density at radius 3 is 2.88 bits per heavy atom. The van der Waals surface area contributed by atoms with Crippen molar-refractivity contribution in [2.45, 2.75) is 57.5 Å². The van der Waals surface area contributed by atoms with Gasteiger partial charge in [-0.3, -0.25) is 5.10 Å². The third-order valence-corrected chi connectivity index (χ3v) is 3.46. The first-order valence-corrected chi connectivity index (χ1v) is 6.23. The summed E-state index contributed by atoms with van der Waals surface area (Å²) in [6, 6.07) is 0. The number of rotatable bonds is 5. The summed E-state index contributed by atoms with van der Waals surface area (Å²) < 4.78 is 5.22. The number of H-pyrrole nitrogens is 1. The molecule has 1 fully saturated rings.